The van der Waals surface area contributed by atoms with Crippen LogP contribution in [0.15, 0.2) is 71.1 Å². The largest absolute Gasteiger partial charge is 0.494 e. The van der Waals surface area contributed by atoms with E-state index in [0.29, 0.717) is 27.2 Å². The Morgan fingerprint density at radius 3 is 2.50 bits per heavy atom. The fourth-order valence-electron chi connectivity index (χ4n) is 3.11. The normalized spacial score (nSPS) is 11.4. The molecule has 1 N–H and O–H groups in total. The SMILES string of the molecule is CCOc1cccc(NC(=O)/C(C#N)=C/c2cc(I)c(OS(=O)(=O)c3ccc(C)cc3)c(OC)c2)c1. The van der Waals surface area contributed by atoms with Crippen LogP contribution >= 0.6 is 22.6 Å². The first-order valence-corrected chi connectivity index (χ1v) is 13.2. The molecule has 1 amide bonds. The molecule has 36 heavy (non-hydrogen) atoms. The number of anilines is 1. The van der Waals surface area contributed by atoms with E-state index < -0.39 is 16.0 Å². The van der Waals surface area contributed by atoms with Crippen molar-refractivity contribution in [2.45, 2.75) is 18.7 Å². The Morgan fingerprint density at radius 1 is 1.14 bits per heavy atom. The van der Waals surface area contributed by atoms with Crippen molar-refractivity contribution in [2.24, 2.45) is 0 Å². The quantitative estimate of drug-likeness (QED) is 0.149. The van der Waals surface area contributed by atoms with Crippen LogP contribution in [0, 0.1) is 21.8 Å². The molecule has 0 saturated heterocycles. The van der Waals surface area contributed by atoms with E-state index in [4.69, 9.17) is 13.7 Å². The third-order valence-corrected chi connectivity index (χ3v) is 6.87. The van der Waals surface area contributed by atoms with Gasteiger partial charge < -0.3 is 19.0 Å². The molecule has 0 aliphatic heterocycles. The molecule has 0 spiro atoms. The van der Waals surface area contributed by atoms with Gasteiger partial charge in [-0.1, -0.05) is 23.8 Å². The molecule has 0 atom stereocenters. The Labute approximate surface area is 223 Å². The van der Waals surface area contributed by atoms with Crippen LogP contribution < -0.4 is 19.0 Å². The molecule has 0 aliphatic rings. The standard InChI is InChI=1S/C26H23IN2O6S/c1-4-34-21-7-5-6-20(15-21)29-26(30)19(16-28)12-18-13-23(27)25(24(14-18)33-3)35-36(31,32)22-10-8-17(2)9-11-22/h5-15H,4H2,1-3H3,(H,29,30)/b19-12+. The Hall–Kier alpha value is -3.56. The fraction of sp³-hybridized carbons (Fsp3) is 0.154. The number of hydrogen-bond acceptors (Lipinski definition) is 7. The average Bonchev–Trinajstić information content (AvgIpc) is 2.84. The van der Waals surface area contributed by atoms with Gasteiger partial charge in [0, 0.05) is 11.8 Å². The lowest BCUT2D eigenvalue weighted by Gasteiger charge is -2.14. The van der Waals surface area contributed by atoms with Gasteiger partial charge in [0.2, 0.25) is 0 Å². The van der Waals surface area contributed by atoms with Crippen LogP contribution in [-0.4, -0.2) is 28.0 Å². The number of benzene rings is 3. The van der Waals surface area contributed by atoms with Crippen molar-refractivity contribution < 1.29 is 26.9 Å². The third-order valence-electron chi connectivity index (χ3n) is 4.83. The van der Waals surface area contributed by atoms with Gasteiger partial charge in [0.25, 0.3) is 5.91 Å². The van der Waals surface area contributed by atoms with E-state index >= 15 is 0 Å². The monoisotopic (exact) mass is 618 g/mol. The summed E-state index contributed by atoms with van der Waals surface area (Å²) in [7, 11) is -2.74. The minimum absolute atomic E-state index is 0.00604. The zero-order valence-electron chi connectivity index (χ0n) is 19.7. The zero-order valence-corrected chi connectivity index (χ0v) is 22.7. The van der Waals surface area contributed by atoms with Crippen LogP contribution in [0.1, 0.15) is 18.1 Å². The number of amides is 1. The van der Waals surface area contributed by atoms with Gasteiger partial charge in [-0.2, -0.15) is 13.7 Å². The van der Waals surface area contributed by atoms with Gasteiger partial charge in [0.1, 0.15) is 22.3 Å². The lowest BCUT2D eigenvalue weighted by molar-refractivity contribution is -0.112. The number of ether oxygens (including phenoxy) is 2. The predicted octanol–water partition coefficient (Wildman–Crippen LogP) is 5.32. The summed E-state index contributed by atoms with van der Waals surface area (Å²) < 4.78 is 42.1. The van der Waals surface area contributed by atoms with Crippen molar-refractivity contribution in [3.8, 4) is 23.3 Å². The molecule has 0 fully saturated rings. The van der Waals surface area contributed by atoms with E-state index in [0.717, 1.165) is 5.56 Å². The zero-order chi connectivity index (χ0) is 26.3. The van der Waals surface area contributed by atoms with Gasteiger partial charge in [0.05, 0.1) is 17.3 Å². The number of hydrogen-bond donors (Lipinski definition) is 1. The van der Waals surface area contributed by atoms with E-state index in [1.165, 1.54) is 31.4 Å². The van der Waals surface area contributed by atoms with E-state index in [9.17, 15) is 18.5 Å². The van der Waals surface area contributed by atoms with Gasteiger partial charge >= 0.3 is 10.1 Å². The summed E-state index contributed by atoms with van der Waals surface area (Å²) in [5, 5.41) is 12.3. The molecule has 3 rings (SSSR count). The molecule has 0 unspecified atom stereocenters. The van der Waals surface area contributed by atoms with Crippen LogP contribution in [0.3, 0.4) is 0 Å². The Morgan fingerprint density at radius 2 is 1.86 bits per heavy atom. The summed E-state index contributed by atoms with van der Waals surface area (Å²) in [6.07, 6.45) is 1.38. The van der Waals surface area contributed by atoms with Crippen LogP contribution in [0.2, 0.25) is 0 Å². The maximum absolute atomic E-state index is 12.8. The smallest absolute Gasteiger partial charge is 0.339 e. The van der Waals surface area contributed by atoms with Gasteiger partial charge in [-0.05, 0) is 84.5 Å². The maximum atomic E-state index is 12.8. The number of nitrogens with one attached hydrogen (secondary N) is 1. The first-order chi connectivity index (χ1) is 17.2. The van der Waals surface area contributed by atoms with Gasteiger partial charge in [-0.25, -0.2) is 0 Å². The van der Waals surface area contributed by atoms with Gasteiger partial charge in [-0.3, -0.25) is 4.79 Å². The van der Waals surface area contributed by atoms with Gasteiger partial charge in [-0.15, -0.1) is 0 Å². The van der Waals surface area contributed by atoms with Crippen molar-refractivity contribution in [3.05, 3.63) is 80.9 Å². The van der Waals surface area contributed by atoms with Crippen LogP contribution in [0.4, 0.5) is 5.69 Å². The second kappa shape index (κ2) is 11.9. The van der Waals surface area contributed by atoms with E-state index in [1.54, 1.807) is 42.5 Å². The fourth-order valence-corrected chi connectivity index (χ4v) is 4.95. The molecule has 0 bridgehead atoms. The Bertz CT molecular complexity index is 1440. The summed E-state index contributed by atoms with van der Waals surface area (Å²) in [4.78, 5) is 12.7. The van der Waals surface area contributed by atoms with Crippen molar-refractivity contribution in [1.29, 1.82) is 5.26 Å². The maximum Gasteiger partial charge on any atom is 0.339 e. The summed E-state index contributed by atoms with van der Waals surface area (Å²) in [6.45, 7) is 4.18. The number of rotatable bonds is 9. The van der Waals surface area contributed by atoms with E-state index in [2.05, 4.69) is 5.32 Å². The highest BCUT2D eigenvalue weighted by molar-refractivity contribution is 14.1. The minimum Gasteiger partial charge on any atom is -0.494 e. The number of aryl methyl sites for hydroxylation is 1. The molecule has 10 heteroatoms. The average molecular weight is 618 g/mol. The molecule has 8 nitrogen and oxygen atoms in total. The molecule has 3 aromatic carbocycles. The Balaban J connectivity index is 1.88. The summed E-state index contributed by atoms with van der Waals surface area (Å²) >= 11 is 1.91. The number of carbonyl (C=O) groups is 1. The lowest BCUT2D eigenvalue weighted by atomic mass is 10.1. The van der Waals surface area contributed by atoms with Crippen LogP contribution in [-0.2, 0) is 14.9 Å². The minimum atomic E-state index is -4.11. The summed E-state index contributed by atoms with van der Waals surface area (Å²) in [5.41, 5.74) is 1.68. The first kappa shape index (κ1) is 27.0. The number of halogens is 1. The predicted molar refractivity (Wildman–Crippen MR) is 145 cm³/mol. The number of nitrogens with zero attached hydrogens (tertiary/aromatic N) is 1. The Kier molecular flexibility index (Phi) is 8.95. The molecule has 0 heterocycles. The topological polar surface area (TPSA) is 115 Å². The molecule has 0 saturated carbocycles. The van der Waals surface area contributed by atoms with E-state index in [-0.39, 0.29) is 22.0 Å². The molecule has 0 radical (unpaired) electrons. The van der Waals surface area contributed by atoms with Gasteiger partial charge in [0.15, 0.2) is 11.5 Å². The number of carbonyl (C=O) groups excluding carboxylic acids is 1. The van der Waals surface area contributed by atoms with Crippen LogP contribution in [0.25, 0.3) is 6.08 Å². The second-order valence-electron chi connectivity index (χ2n) is 7.47. The molecular weight excluding hydrogens is 595 g/mol. The highest BCUT2D eigenvalue weighted by Crippen LogP contribution is 2.36. The molecule has 0 aromatic heterocycles. The third kappa shape index (κ3) is 6.77. The number of nitriles is 1. The van der Waals surface area contributed by atoms with Crippen LogP contribution in [0.5, 0.6) is 17.2 Å². The summed E-state index contributed by atoms with van der Waals surface area (Å²) in [6, 6.07) is 18.1. The summed E-state index contributed by atoms with van der Waals surface area (Å²) in [5.74, 6) is 0.119. The van der Waals surface area contributed by atoms with E-state index in [1.807, 2.05) is 42.5 Å². The second-order valence-corrected chi connectivity index (χ2v) is 10.2. The van der Waals surface area contributed by atoms with Crippen molar-refractivity contribution in [2.75, 3.05) is 19.0 Å². The highest BCUT2D eigenvalue weighted by Gasteiger charge is 2.22. The molecular formula is C26H23IN2O6S. The molecule has 186 valence electrons. The van der Waals surface area contributed by atoms with Crippen molar-refractivity contribution >= 4 is 50.4 Å². The first-order valence-electron chi connectivity index (χ1n) is 10.7. The molecule has 0 aliphatic carbocycles. The molecule has 3 aromatic rings. The number of methoxy groups -OCH3 is 1. The highest BCUT2D eigenvalue weighted by atomic mass is 127. The lowest BCUT2D eigenvalue weighted by Crippen LogP contribution is -2.13. The van der Waals surface area contributed by atoms with Crippen molar-refractivity contribution in [1.82, 2.24) is 0 Å². The van der Waals surface area contributed by atoms with Crippen molar-refractivity contribution in [3.63, 3.8) is 0 Å².